The van der Waals surface area contributed by atoms with Gasteiger partial charge in [0.05, 0.1) is 39.0 Å². The van der Waals surface area contributed by atoms with Gasteiger partial charge in [-0.25, -0.2) is 49.5 Å². The number of aromatic nitrogens is 8. The molecule has 0 radical (unpaired) electrons. The number of aldehydes is 1. The van der Waals surface area contributed by atoms with Gasteiger partial charge in [-0.1, -0.05) is 217 Å². The molecule has 8 N–H and O–H groups in total. The van der Waals surface area contributed by atoms with E-state index in [4.69, 9.17) is 29.9 Å². The molecule has 4 heterocycles. The minimum absolute atomic E-state index is 0.102. The summed E-state index contributed by atoms with van der Waals surface area (Å²) in [6.07, 6.45) is -3.29. The third kappa shape index (κ3) is 28.8. The summed E-state index contributed by atoms with van der Waals surface area (Å²) in [6.45, 7) is 9.92. The van der Waals surface area contributed by atoms with Crippen LogP contribution in [0.25, 0.3) is 45.6 Å². The van der Waals surface area contributed by atoms with Crippen LogP contribution in [0.4, 0.5) is 26.3 Å². The second-order valence-electron chi connectivity index (χ2n) is 20.9. The van der Waals surface area contributed by atoms with E-state index in [1.807, 2.05) is 180 Å². The van der Waals surface area contributed by atoms with Gasteiger partial charge in [-0.15, -0.1) is 0 Å². The van der Waals surface area contributed by atoms with Crippen molar-refractivity contribution in [2.75, 3.05) is 20.1 Å². The zero-order valence-corrected chi connectivity index (χ0v) is 61.6. The van der Waals surface area contributed by atoms with E-state index in [0.29, 0.717) is 39.3 Å². The molecule has 0 aliphatic rings. The number of ketones is 1. The molecule has 0 aliphatic carbocycles. The number of esters is 2. The highest BCUT2D eigenvalue weighted by Gasteiger charge is 2.41. The number of carbonyl (C=O) groups is 5. The zero-order chi connectivity index (χ0) is 76.8. The van der Waals surface area contributed by atoms with E-state index < -0.39 is 61.1 Å². The Hall–Kier alpha value is -9.85. The molecule has 0 saturated heterocycles. The number of aromatic carboxylic acids is 1. The van der Waals surface area contributed by atoms with Gasteiger partial charge in [0, 0.05) is 59.8 Å². The summed E-state index contributed by atoms with van der Waals surface area (Å²) < 4.78 is 116. The minimum Gasteiger partial charge on any atom is -0.477 e. The van der Waals surface area contributed by atoms with Crippen molar-refractivity contribution in [2.24, 2.45) is 5.90 Å². The number of rotatable bonds is 12. The lowest BCUT2D eigenvalue weighted by atomic mass is 10.1. The lowest BCUT2D eigenvalue weighted by Crippen LogP contribution is -2.27. The number of alkyl halides is 8. The van der Waals surface area contributed by atoms with Crippen LogP contribution in [-0.2, 0) is 37.9 Å². The number of nitrogens with two attached hydrogens (primary N) is 2. The number of nitrogens with zero attached hydrogens (tertiary/aromatic N) is 5. The van der Waals surface area contributed by atoms with Crippen LogP contribution in [0.15, 0.2) is 207 Å². The summed E-state index contributed by atoms with van der Waals surface area (Å²) in [6, 6.07) is 55.9. The van der Waals surface area contributed by atoms with Crippen molar-refractivity contribution in [2.45, 2.75) is 50.7 Å². The van der Waals surface area contributed by atoms with Crippen LogP contribution in [-0.4, -0.2) is 107 Å². The number of hydrogen-bond acceptors (Lipinski definition) is 17. The maximum atomic E-state index is 12.6. The number of carbonyl (C=O) groups excluding carboxylic acids is 4. The first-order chi connectivity index (χ1) is 48.4. The molecular formula is C69H65Br2Cl2F6N10O12PS. The Kier molecular flexibility index (Phi) is 33.8. The van der Waals surface area contributed by atoms with Gasteiger partial charge >= 0.3 is 38.5 Å². The Bertz CT molecular complexity index is 4620. The highest BCUT2D eigenvalue weighted by molar-refractivity contribution is 9.25. The number of carboxylic acid groups (broad SMARTS) is 1. The number of aryl methyl sites for hydroxylation is 5. The van der Waals surface area contributed by atoms with Crippen LogP contribution in [0, 0.1) is 34.6 Å². The van der Waals surface area contributed by atoms with Gasteiger partial charge in [0.1, 0.15) is 44.6 Å². The highest BCUT2D eigenvalue weighted by Crippen LogP contribution is 2.42. The lowest BCUT2D eigenvalue weighted by Gasteiger charge is -2.15. The summed E-state index contributed by atoms with van der Waals surface area (Å²) in [5, 5.41) is 9.92. The average molecular weight is 1630 g/mol. The van der Waals surface area contributed by atoms with Crippen molar-refractivity contribution in [3.8, 4) is 45.6 Å². The molecule has 7 aromatic carbocycles. The van der Waals surface area contributed by atoms with E-state index in [1.165, 1.54) is 48.6 Å². The smallest absolute Gasteiger partial charge is 0.452 e. The molecule has 0 saturated carbocycles. The van der Waals surface area contributed by atoms with E-state index in [-0.39, 0.29) is 17.2 Å². The number of halogens is 10. The topological polar surface area (TPSA) is 340 Å². The summed E-state index contributed by atoms with van der Waals surface area (Å²) in [5.41, 5.74) is 9.63. The number of ether oxygens (including phenoxy) is 2. The number of hydrogen-bond donors (Lipinski definition) is 6. The molecule has 103 heavy (non-hydrogen) atoms. The molecule has 0 spiro atoms. The number of aromatic amines is 3. The van der Waals surface area contributed by atoms with Gasteiger partial charge < -0.3 is 35.4 Å². The van der Waals surface area contributed by atoms with E-state index in [9.17, 15) is 54.9 Å². The molecule has 11 aromatic rings. The second-order valence-corrected chi connectivity index (χ2v) is 30.0. The average Bonchev–Trinajstić information content (AvgIpc) is 1.78. The van der Waals surface area contributed by atoms with Gasteiger partial charge in [0.2, 0.25) is 0 Å². The number of imidazole rings is 4. The first-order valence-electron chi connectivity index (χ1n) is 29.3. The van der Waals surface area contributed by atoms with Crippen molar-refractivity contribution in [3.05, 3.63) is 263 Å². The van der Waals surface area contributed by atoms with Crippen molar-refractivity contribution in [1.29, 1.82) is 0 Å². The normalized spacial score (nSPS) is 10.7. The van der Waals surface area contributed by atoms with Crippen LogP contribution >= 0.6 is 60.6 Å². The summed E-state index contributed by atoms with van der Waals surface area (Å²) >= 11 is 4.85. The number of carboxylic acids is 1. The molecule has 0 atom stereocenters. The molecular weight excluding hydrogens is 1570 g/mol. The number of nitrogens with one attached hydrogen (secondary N) is 3. The summed E-state index contributed by atoms with van der Waals surface area (Å²) in [4.78, 5) is 77.1. The molecule has 22 nitrogen and oxygen atoms in total. The van der Waals surface area contributed by atoms with Crippen LogP contribution in [0.5, 0.6) is 0 Å². The second kappa shape index (κ2) is 40.7. The number of methoxy groups -OCH3 is 2. The van der Waals surface area contributed by atoms with Crippen LogP contribution in [0.3, 0.4) is 0 Å². The lowest BCUT2D eigenvalue weighted by molar-refractivity contribution is -0.168. The quantitative estimate of drug-likeness (QED) is 0.00967. The first-order valence-corrected chi connectivity index (χ1v) is 35.9. The fourth-order valence-corrected chi connectivity index (χ4v) is 10.0. The van der Waals surface area contributed by atoms with Crippen molar-refractivity contribution >= 4 is 109 Å². The monoisotopic (exact) mass is 1630 g/mol. The first kappa shape index (κ1) is 85.6. The predicted octanol–water partition coefficient (Wildman–Crippen LogP) is 15.6. The number of nitrogen functional groups attached to an aromatic ring is 1. The molecule has 11 rings (SSSR count). The van der Waals surface area contributed by atoms with Crippen LogP contribution < -0.4 is 22.3 Å². The number of benzene rings is 7. The van der Waals surface area contributed by atoms with E-state index in [2.05, 4.69) is 97.6 Å². The van der Waals surface area contributed by atoms with Gasteiger partial charge in [0.25, 0.3) is 13.2 Å². The molecule has 34 heteroatoms. The zero-order valence-electron chi connectivity index (χ0n) is 55.2. The maximum absolute atomic E-state index is 12.6. The van der Waals surface area contributed by atoms with Gasteiger partial charge in [-0.2, -0.15) is 34.8 Å². The largest absolute Gasteiger partial charge is 0.477 e. The fourth-order valence-electron chi connectivity index (χ4n) is 7.83. The molecule has 544 valence electrons. The Labute approximate surface area is 612 Å². The molecule has 4 aromatic heterocycles. The summed E-state index contributed by atoms with van der Waals surface area (Å²) in [7, 11) is 4.33. The van der Waals surface area contributed by atoms with E-state index in [0.717, 1.165) is 51.4 Å². The van der Waals surface area contributed by atoms with Crippen molar-refractivity contribution in [3.63, 3.8) is 0 Å². The third-order valence-corrected chi connectivity index (χ3v) is 16.3. The molecule has 0 fully saturated rings. The Morgan fingerprint density at radius 2 is 0.903 bits per heavy atom. The highest BCUT2D eigenvalue weighted by atomic mass is 79.9. The van der Waals surface area contributed by atoms with E-state index in [1.54, 1.807) is 36.4 Å². The molecule has 0 bridgehead atoms. The van der Waals surface area contributed by atoms with Gasteiger partial charge in [0.15, 0.2) is 11.5 Å². The Morgan fingerprint density at radius 1 is 0.553 bits per heavy atom. The van der Waals surface area contributed by atoms with E-state index >= 15 is 0 Å². The molecule has 0 amide bonds. The Morgan fingerprint density at radius 3 is 1.21 bits per heavy atom. The Balaban J connectivity index is 0.000000254. The van der Waals surface area contributed by atoms with Crippen molar-refractivity contribution < 1.29 is 82.5 Å². The number of Topliss-reactive ketones (excluding diaryl/α,β-unsaturated/α-hetero) is 1. The maximum Gasteiger partial charge on any atom is 0.452 e. The SMILES string of the molecule is COC(=O)c1cnc(-c2ccc(C)cc2)[nH]1.COC(=O)c1cnc(-c2ccc(C)cc2)n1N.Cc1ccc(-c2ncc(C(=O)O)[nH]2)cc1.Cc1ccc(-c2ncc(C(F)(F)F)[nH]2)cc1.Cc1ccc(C=O)cc1.NOP(=O)(c1ccccc1)c1ccccc1.O=C(C(Br)Br)C(F)(F)F.O=S(=O)(Cl)Cl. The van der Waals surface area contributed by atoms with Crippen LogP contribution in [0.1, 0.15) is 75.3 Å². The van der Waals surface area contributed by atoms with Crippen molar-refractivity contribution in [1.82, 2.24) is 39.6 Å². The predicted molar refractivity (Wildman–Crippen MR) is 388 cm³/mol. The van der Waals surface area contributed by atoms with Gasteiger partial charge in [-0.05, 0) is 58.9 Å². The van der Waals surface area contributed by atoms with Crippen LogP contribution in [0.2, 0.25) is 0 Å². The number of H-pyrrole nitrogens is 3. The minimum atomic E-state index is -4.75. The third-order valence-electron chi connectivity index (χ3n) is 13.2. The van der Waals surface area contributed by atoms with Gasteiger partial charge in [-0.3, -0.25) is 14.2 Å². The fraction of sp³-hybridized carbons (Fsp3) is 0.145. The summed E-state index contributed by atoms with van der Waals surface area (Å²) in [5.74, 6) is 9.27. The standard InChI is InChI=1S/C12H13N3O2.C12H12N2O2.C12H12NO2P.C11H9F3N2.C11H10N2O2.C8H8O.C3HBr2F3O.Cl2O2S/c1-8-3-5-9(6-4-8)11-14-7-10(15(11)13)12(16)17-2;1-8-3-5-9(6-4-8)11-13-7-10(14-11)12(15)16-2;13-15-16(14,11-7-3-1-4-8-11)12-9-5-2-6-10-12;1-7-2-4-8(5-3-7)10-15-6-9(16-10)11(12,13)14;1-7-2-4-8(5-3-7)10-12-6-9(13-10)11(14)15;1-7-2-4-8(6-9)5-3-7;4-2(5)1(9)3(6,7)8;1-5(2,3)4/h3-7H,13H2,1-2H3;3-7H,1-2H3,(H,13,14);1-10H,13H2;2-6H,1H3,(H,15,16);2-6H,1H3,(H,12,13)(H,14,15);2-6H,1H3;2H;. The molecule has 0 aliphatic heterocycles. The molecule has 0 unspecified atom stereocenters.